The summed E-state index contributed by atoms with van der Waals surface area (Å²) in [7, 11) is 0. The van der Waals surface area contributed by atoms with Crippen LogP contribution in [0.3, 0.4) is 0 Å². The van der Waals surface area contributed by atoms with Crippen molar-refractivity contribution in [1.29, 1.82) is 0 Å². The number of fused-ring (bicyclic) bond motifs is 1. The lowest BCUT2D eigenvalue weighted by atomic mass is 10.3. The third kappa shape index (κ3) is 1.30. The van der Waals surface area contributed by atoms with Crippen molar-refractivity contribution in [1.82, 2.24) is 14.6 Å². The van der Waals surface area contributed by atoms with E-state index in [1.54, 1.807) is 10.7 Å². The van der Waals surface area contributed by atoms with E-state index < -0.39 is 0 Å². The van der Waals surface area contributed by atoms with Crippen LogP contribution in [-0.4, -0.2) is 20.9 Å². The lowest BCUT2D eigenvalue weighted by Crippen LogP contribution is -1.94. The Labute approximate surface area is 75.2 Å². The predicted octanol–water partition coefficient (Wildman–Crippen LogP) is 1.10. The molecular weight excluding hydrogens is 166 g/mol. The van der Waals surface area contributed by atoms with Gasteiger partial charge in [0.25, 0.3) is 0 Å². The third-order valence-electron chi connectivity index (χ3n) is 1.88. The number of aldehydes is 1. The van der Waals surface area contributed by atoms with Gasteiger partial charge in [0.1, 0.15) is 5.69 Å². The zero-order valence-corrected chi connectivity index (χ0v) is 7.27. The van der Waals surface area contributed by atoms with Crippen LogP contribution < -0.4 is 0 Å². The quantitative estimate of drug-likeness (QED) is 0.642. The molecule has 0 bridgehead atoms. The summed E-state index contributed by atoms with van der Waals surface area (Å²) in [6.07, 6.45) is 3.23. The van der Waals surface area contributed by atoms with E-state index in [0.717, 1.165) is 18.4 Å². The second-order valence-electron chi connectivity index (χ2n) is 2.76. The van der Waals surface area contributed by atoms with Gasteiger partial charge in [-0.25, -0.2) is 9.50 Å². The molecule has 0 saturated carbocycles. The molecule has 13 heavy (non-hydrogen) atoms. The van der Waals surface area contributed by atoms with Crippen LogP contribution in [-0.2, 0) is 6.42 Å². The van der Waals surface area contributed by atoms with Crippen molar-refractivity contribution in [3.63, 3.8) is 0 Å². The van der Waals surface area contributed by atoms with Gasteiger partial charge in [-0.1, -0.05) is 6.92 Å². The highest BCUT2D eigenvalue weighted by molar-refractivity contribution is 5.72. The molecule has 0 radical (unpaired) electrons. The van der Waals surface area contributed by atoms with E-state index in [2.05, 4.69) is 10.1 Å². The molecule has 2 aromatic rings. The molecule has 2 heterocycles. The minimum absolute atomic E-state index is 0.417. The Bertz CT molecular complexity index is 447. The Hall–Kier alpha value is -1.71. The maximum absolute atomic E-state index is 10.4. The molecule has 4 heteroatoms. The number of carbonyl (C=O) groups excluding carboxylic acids is 1. The first-order chi connectivity index (χ1) is 6.33. The summed E-state index contributed by atoms with van der Waals surface area (Å²) in [6.45, 7) is 2.03. The van der Waals surface area contributed by atoms with Gasteiger partial charge in [-0.2, -0.15) is 5.10 Å². The molecule has 66 valence electrons. The Balaban J connectivity index is 2.63. The Morgan fingerprint density at radius 2 is 2.38 bits per heavy atom. The van der Waals surface area contributed by atoms with E-state index in [4.69, 9.17) is 0 Å². The monoisotopic (exact) mass is 175 g/mol. The number of aryl methyl sites for hydroxylation is 1. The molecule has 0 spiro atoms. The van der Waals surface area contributed by atoms with Gasteiger partial charge in [-0.3, -0.25) is 4.79 Å². The number of carbonyl (C=O) groups is 1. The summed E-state index contributed by atoms with van der Waals surface area (Å²) in [4.78, 5) is 14.5. The van der Waals surface area contributed by atoms with E-state index in [1.807, 2.05) is 19.1 Å². The fourth-order valence-electron chi connectivity index (χ4n) is 1.19. The first-order valence-corrected chi connectivity index (χ1v) is 4.14. The van der Waals surface area contributed by atoms with Crippen LogP contribution in [0.1, 0.15) is 23.1 Å². The van der Waals surface area contributed by atoms with Gasteiger partial charge in [-0.15, -0.1) is 0 Å². The average Bonchev–Trinajstić information content (AvgIpc) is 2.58. The largest absolute Gasteiger partial charge is 0.296 e. The van der Waals surface area contributed by atoms with Crippen molar-refractivity contribution >= 4 is 11.9 Å². The molecule has 0 amide bonds. The molecule has 2 rings (SSSR count). The van der Waals surface area contributed by atoms with Crippen molar-refractivity contribution in [3.05, 3.63) is 29.7 Å². The van der Waals surface area contributed by atoms with E-state index in [0.29, 0.717) is 11.3 Å². The van der Waals surface area contributed by atoms with Gasteiger partial charge >= 0.3 is 0 Å². The highest BCUT2D eigenvalue weighted by atomic mass is 16.1. The van der Waals surface area contributed by atoms with Gasteiger partial charge in [0.05, 0.1) is 11.9 Å². The summed E-state index contributed by atoms with van der Waals surface area (Å²) < 4.78 is 1.63. The summed E-state index contributed by atoms with van der Waals surface area (Å²) in [5.74, 6) is 0. The molecule has 0 aromatic carbocycles. The minimum atomic E-state index is 0.417. The van der Waals surface area contributed by atoms with E-state index in [-0.39, 0.29) is 0 Å². The number of rotatable bonds is 2. The lowest BCUT2D eigenvalue weighted by Gasteiger charge is -1.95. The standard InChI is InChI=1S/C9H9N3O/c1-2-7-3-4-9-10-8(6-13)5-12(9)11-7/h3-6H,2H2,1H3. The fourth-order valence-corrected chi connectivity index (χ4v) is 1.19. The molecule has 4 nitrogen and oxygen atoms in total. The zero-order chi connectivity index (χ0) is 9.26. The van der Waals surface area contributed by atoms with Crippen molar-refractivity contribution < 1.29 is 4.79 Å². The van der Waals surface area contributed by atoms with Gasteiger partial charge in [0.15, 0.2) is 11.9 Å². The van der Waals surface area contributed by atoms with Gasteiger partial charge in [0.2, 0.25) is 0 Å². The molecular formula is C9H9N3O. The molecule has 0 saturated heterocycles. The molecule has 0 aliphatic heterocycles. The Morgan fingerprint density at radius 1 is 1.54 bits per heavy atom. The molecule has 0 fully saturated rings. The van der Waals surface area contributed by atoms with Crippen LogP contribution in [0.25, 0.3) is 5.65 Å². The van der Waals surface area contributed by atoms with Crippen LogP contribution >= 0.6 is 0 Å². The number of hydrogen-bond acceptors (Lipinski definition) is 3. The zero-order valence-electron chi connectivity index (χ0n) is 7.27. The summed E-state index contributed by atoms with van der Waals surface area (Å²) in [5.41, 5.74) is 2.11. The van der Waals surface area contributed by atoms with Gasteiger partial charge in [0, 0.05) is 0 Å². The Morgan fingerprint density at radius 3 is 3.08 bits per heavy atom. The number of aromatic nitrogens is 3. The van der Waals surface area contributed by atoms with Crippen LogP contribution in [0.15, 0.2) is 18.3 Å². The first-order valence-electron chi connectivity index (χ1n) is 4.14. The van der Waals surface area contributed by atoms with Crippen molar-refractivity contribution in [2.24, 2.45) is 0 Å². The van der Waals surface area contributed by atoms with Crippen LogP contribution in [0.4, 0.5) is 0 Å². The maximum atomic E-state index is 10.4. The highest BCUT2D eigenvalue weighted by Crippen LogP contribution is 2.03. The second kappa shape index (κ2) is 2.97. The van der Waals surface area contributed by atoms with E-state index in [9.17, 15) is 4.79 Å². The molecule has 0 aliphatic rings. The number of hydrogen-bond donors (Lipinski definition) is 0. The second-order valence-corrected chi connectivity index (χ2v) is 2.76. The SMILES string of the molecule is CCc1ccc2nc(C=O)cn2n1. The van der Waals surface area contributed by atoms with Crippen molar-refractivity contribution in [3.8, 4) is 0 Å². The minimum Gasteiger partial charge on any atom is -0.296 e. The fraction of sp³-hybridized carbons (Fsp3) is 0.222. The van der Waals surface area contributed by atoms with Gasteiger partial charge < -0.3 is 0 Å². The Kier molecular flexibility index (Phi) is 1.81. The highest BCUT2D eigenvalue weighted by Gasteiger charge is 2.00. The maximum Gasteiger partial charge on any atom is 0.170 e. The molecule has 0 unspecified atom stereocenters. The number of imidazole rings is 1. The van der Waals surface area contributed by atoms with Crippen molar-refractivity contribution in [2.45, 2.75) is 13.3 Å². The topological polar surface area (TPSA) is 47.3 Å². The molecule has 0 N–H and O–H groups in total. The average molecular weight is 175 g/mol. The first kappa shape index (κ1) is 7.91. The smallest absolute Gasteiger partial charge is 0.170 e. The summed E-state index contributed by atoms with van der Waals surface area (Å²) in [5, 5.41) is 4.26. The summed E-state index contributed by atoms with van der Waals surface area (Å²) >= 11 is 0. The lowest BCUT2D eigenvalue weighted by molar-refractivity contribution is 0.111. The molecule has 0 aliphatic carbocycles. The van der Waals surface area contributed by atoms with Crippen LogP contribution in [0.2, 0.25) is 0 Å². The normalized spacial score (nSPS) is 10.5. The molecule has 0 atom stereocenters. The van der Waals surface area contributed by atoms with Crippen molar-refractivity contribution in [2.75, 3.05) is 0 Å². The number of nitrogens with zero attached hydrogens (tertiary/aromatic N) is 3. The van der Waals surface area contributed by atoms with Crippen LogP contribution in [0, 0.1) is 0 Å². The van der Waals surface area contributed by atoms with E-state index >= 15 is 0 Å². The third-order valence-corrected chi connectivity index (χ3v) is 1.88. The molecule has 2 aromatic heterocycles. The van der Waals surface area contributed by atoms with Gasteiger partial charge in [-0.05, 0) is 18.6 Å². The summed E-state index contributed by atoms with van der Waals surface area (Å²) in [6, 6.07) is 3.77. The van der Waals surface area contributed by atoms with Crippen LogP contribution in [0.5, 0.6) is 0 Å². The predicted molar refractivity (Wildman–Crippen MR) is 47.8 cm³/mol. The van der Waals surface area contributed by atoms with E-state index in [1.165, 1.54) is 0 Å².